The molecule has 2 rings (SSSR count). The van der Waals surface area contributed by atoms with Gasteiger partial charge in [-0.25, -0.2) is 0 Å². The number of halogens is 1. The van der Waals surface area contributed by atoms with Crippen molar-refractivity contribution in [1.82, 2.24) is 4.90 Å². The molecule has 0 spiro atoms. The SMILES string of the molecule is Cc1ccc(NC2CC(C)N(C)CC2C)c(Br)c1. The van der Waals surface area contributed by atoms with Gasteiger partial charge in [-0.1, -0.05) is 13.0 Å². The first-order chi connectivity index (χ1) is 8.47. The molecule has 1 aliphatic heterocycles. The van der Waals surface area contributed by atoms with E-state index in [1.807, 2.05) is 0 Å². The third-order valence-electron chi connectivity index (χ3n) is 4.08. The van der Waals surface area contributed by atoms with Gasteiger partial charge >= 0.3 is 0 Å². The Morgan fingerprint density at radius 2 is 2.06 bits per heavy atom. The smallest absolute Gasteiger partial charge is 0.0487 e. The maximum absolute atomic E-state index is 3.70. The highest BCUT2D eigenvalue weighted by Crippen LogP contribution is 2.29. The highest BCUT2D eigenvalue weighted by molar-refractivity contribution is 9.10. The number of nitrogens with zero attached hydrogens (tertiary/aromatic N) is 1. The summed E-state index contributed by atoms with van der Waals surface area (Å²) in [5.41, 5.74) is 2.51. The zero-order valence-corrected chi connectivity index (χ0v) is 13.3. The Bertz CT molecular complexity index is 419. The summed E-state index contributed by atoms with van der Waals surface area (Å²) in [6.07, 6.45) is 1.21. The van der Waals surface area contributed by atoms with E-state index in [1.54, 1.807) is 0 Å². The summed E-state index contributed by atoms with van der Waals surface area (Å²) >= 11 is 3.65. The standard InChI is InChI=1S/C15H23BrN2/c1-10-5-6-14(13(16)7-10)17-15-8-12(3)18(4)9-11(15)2/h5-7,11-12,15,17H,8-9H2,1-4H3. The van der Waals surface area contributed by atoms with Gasteiger partial charge < -0.3 is 10.2 Å². The third kappa shape index (κ3) is 3.07. The number of anilines is 1. The van der Waals surface area contributed by atoms with Gasteiger partial charge in [-0.15, -0.1) is 0 Å². The quantitative estimate of drug-likeness (QED) is 0.891. The van der Waals surface area contributed by atoms with Crippen LogP contribution in [0.4, 0.5) is 5.69 Å². The molecule has 3 unspecified atom stereocenters. The van der Waals surface area contributed by atoms with Gasteiger partial charge in [0, 0.05) is 28.8 Å². The number of piperidine rings is 1. The maximum atomic E-state index is 3.70. The second-order valence-electron chi connectivity index (χ2n) is 5.74. The third-order valence-corrected chi connectivity index (χ3v) is 4.73. The van der Waals surface area contributed by atoms with Crippen molar-refractivity contribution in [3.63, 3.8) is 0 Å². The van der Waals surface area contributed by atoms with Crippen LogP contribution in [0.15, 0.2) is 22.7 Å². The van der Waals surface area contributed by atoms with Crippen molar-refractivity contribution in [2.75, 3.05) is 18.9 Å². The summed E-state index contributed by atoms with van der Waals surface area (Å²) < 4.78 is 1.17. The molecule has 100 valence electrons. The van der Waals surface area contributed by atoms with Crippen molar-refractivity contribution in [2.24, 2.45) is 5.92 Å². The van der Waals surface area contributed by atoms with Gasteiger partial charge in [0.1, 0.15) is 0 Å². The molecule has 1 N–H and O–H groups in total. The highest BCUT2D eigenvalue weighted by Gasteiger charge is 2.28. The van der Waals surface area contributed by atoms with Crippen LogP contribution in [0.2, 0.25) is 0 Å². The molecule has 1 aromatic carbocycles. The number of likely N-dealkylation sites (tertiary alicyclic amines) is 1. The number of hydrogen-bond donors (Lipinski definition) is 1. The van der Waals surface area contributed by atoms with Gasteiger partial charge in [0.15, 0.2) is 0 Å². The fourth-order valence-electron chi connectivity index (χ4n) is 2.68. The maximum Gasteiger partial charge on any atom is 0.0487 e. The minimum absolute atomic E-state index is 0.565. The number of aryl methyl sites for hydroxylation is 1. The van der Waals surface area contributed by atoms with Crippen molar-refractivity contribution < 1.29 is 0 Å². The fraction of sp³-hybridized carbons (Fsp3) is 0.600. The molecule has 0 radical (unpaired) electrons. The van der Waals surface area contributed by atoms with Crippen LogP contribution < -0.4 is 5.32 Å². The van der Waals surface area contributed by atoms with E-state index in [2.05, 4.69) is 72.2 Å². The van der Waals surface area contributed by atoms with Gasteiger partial charge in [0.25, 0.3) is 0 Å². The fourth-order valence-corrected chi connectivity index (χ4v) is 3.29. The predicted molar refractivity (Wildman–Crippen MR) is 82.2 cm³/mol. The lowest BCUT2D eigenvalue weighted by Crippen LogP contribution is -2.48. The van der Waals surface area contributed by atoms with Gasteiger partial charge in [0.05, 0.1) is 0 Å². The Morgan fingerprint density at radius 1 is 1.33 bits per heavy atom. The summed E-state index contributed by atoms with van der Waals surface area (Å²) in [6.45, 7) is 7.93. The molecule has 18 heavy (non-hydrogen) atoms. The van der Waals surface area contributed by atoms with E-state index in [-0.39, 0.29) is 0 Å². The van der Waals surface area contributed by atoms with Gasteiger partial charge in [-0.2, -0.15) is 0 Å². The van der Waals surface area contributed by atoms with Gasteiger partial charge in [0.2, 0.25) is 0 Å². The number of rotatable bonds is 2. The van der Waals surface area contributed by atoms with E-state index in [1.165, 1.54) is 28.7 Å². The Labute approximate surface area is 119 Å². The van der Waals surface area contributed by atoms with Crippen LogP contribution in [-0.2, 0) is 0 Å². The molecule has 2 nitrogen and oxygen atoms in total. The molecule has 0 aliphatic carbocycles. The molecular weight excluding hydrogens is 288 g/mol. The first kappa shape index (κ1) is 13.9. The zero-order valence-electron chi connectivity index (χ0n) is 11.7. The largest absolute Gasteiger partial charge is 0.381 e. The number of nitrogens with one attached hydrogen (secondary N) is 1. The molecule has 1 aromatic rings. The van der Waals surface area contributed by atoms with Crippen LogP contribution in [0, 0.1) is 12.8 Å². The topological polar surface area (TPSA) is 15.3 Å². The number of hydrogen-bond acceptors (Lipinski definition) is 2. The first-order valence-corrected chi connectivity index (χ1v) is 7.49. The molecule has 0 amide bonds. The molecule has 1 aliphatic rings. The molecule has 0 bridgehead atoms. The average molecular weight is 311 g/mol. The lowest BCUT2D eigenvalue weighted by molar-refractivity contribution is 0.145. The number of benzene rings is 1. The minimum Gasteiger partial charge on any atom is -0.381 e. The monoisotopic (exact) mass is 310 g/mol. The van der Waals surface area contributed by atoms with Crippen molar-refractivity contribution in [2.45, 2.75) is 39.3 Å². The molecule has 1 heterocycles. The minimum atomic E-state index is 0.565. The van der Waals surface area contributed by atoms with E-state index >= 15 is 0 Å². The van der Waals surface area contributed by atoms with Crippen molar-refractivity contribution >= 4 is 21.6 Å². The van der Waals surface area contributed by atoms with Crippen LogP contribution in [0.5, 0.6) is 0 Å². The summed E-state index contributed by atoms with van der Waals surface area (Å²) in [7, 11) is 2.22. The average Bonchev–Trinajstić information content (AvgIpc) is 2.29. The van der Waals surface area contributed by atoms with E-state index < -0.39 is 0 Å². The molecular formula is C15H23BrN2. The van der Waals surface area contributed by atoms with Crippen molar-refractivity contribution in [3.05, 3.63) is 28.2 Å². The summed E-state index contributed by atoms with van der Waals surface area (Å²) in [6, 6.07) is 7.73. The molecule has 0 saturated carbocycles. The summed E-state index contributed by atoms with van der Waals surface area (Å²) in [5.74, 6) is 0.680. The normalized spacial score (nSPS) is 29.3. The Morgan fingerprint density at radius 3 is 2.72 bits per heavy atom. The second kappa shape index (κ2) is 5.62. The van der Waals surface area contributed by atoms with Crippen LogP contribution in [0.25, 0.3) is 0 Å². The Balaban J connectivity index is 2.08. The molecule has 1 saturated heterocycles. The Hall–Kier alpha value is -0.540. The molecule has 1 fully saturated rings. The van der Waals surface area contributed by atoms with Crippen molar-refractivity contribution in [3.8, 4) is 0 Å². The van der Waals surface area contributed by atoms with Crippen LogP contribution >= 0.6 is 15.9 Å². The van der Waals surface area contributed by atoms with E-state index in [4.69, 9.17) is 0 Å². The van der Waals surface area contributed by atoms with E-state index in [0.717, 1.165) is 0 Å². The van der Waals surface area contributed by atoms with Gasteiger partial charge in [-0.05, 0) is 66.9 Å². The summed E-state index contributed by atoms with van der Waals surface area (Å²) in [4.78, 5) is 2.45. The second-order valence-corrected chi connectivity index (χ2v) is 6.59. The van der Waals surface area contributed by atoms with Gasteiger partial charge in [-0.3, -0.25) is 0 Å². The van der Waals surface area contributed by atoms with Crippen LogP contribution in [-0.4, -0.2) is 30.6 Å². The van der Waals surface area contributed by atoms with Crippen LogP contribution in [0.1, 0.15) is 25.8 Å². The summed E-state index contributed by atoms with van der Waals surface area (Å²) in [5, 5.41) is 3.70. The lowest BCUT2D eigenvalue weighted by Gasteiger charge is -2.40. The molecule has 3 atom stereocenters. The zero-order chi connectivity index (χ0) is 13.3. The van der Waals surface area contributed by atoms with Crippen molar-refractivity contribution in [1.29, 1.82) is 0 Å². The molecule has 3 heteroatoms. The Kier molecular flexibility index (Phi) is 4.33. The highest BCUT2D eigenvalue weighted by atomic mass is 79.9. The predicted octanol–water partition coefficient (Wildman–Crippen LogP) is 3.90. The lowest BCUT2D eigenvalue weighted by atomic mass is 9.89. The van der Waals surface area contributed by atoms with E-state index in [0.29, 0.717) is 18.0 Å². The molecule has 0 aromatic heterocycles. The van der Waals surface area contributed by atoms with E-state index in [9.17, 15) is 0 Å². The van der Waals surface area contributed by atoms with Crippen LogP contribution in [0.3, 0.4) is 0 Å². The first-order valence-electron chi connectivity index (χ1n) is 6.70.